The SMILES string of the molecule is CCOc1ccc(Oc2ccccc2NC(=O)CC(NC(C)=O)c2ccccc2)cc1. The van der Waals surface area contributed by atoms with Crippen molar-refractivity contribution in [2.24, 2.45) is 0 Å². The van der Waals surface area contributed by atoms with Crippen LogP contribution in [0.15, 0.2) is 78.9 Å². The van der Waals surface area contributed by atoms with Crippen LogP contribution in [0.2, 0.25) is 0 Å². The number of para-hydroxylation sites is 2. The van der Waals surface area contributed by atoms with E-state index in [2.05, 4.69) is 10.6 Å². The zero-order chi connectivity index (χ0) is 22.1. The summed E-state index contributed by atoms with van der Waals surface area (Å²) in [6, 6.07) is 23.5. The predicted molar refractivity (Wildman–Crippen MR) is 120 cm³/mol. The van der Waals surface area contributed by atoms with E-state index >= 15 is 0 Å². The third-order valence-corrected chi connectivity index (χ3v) is 4.49. The van der Waals surface area contributed by atoms with Gasteiger partial charge in [-0.2, -0.15) is 0 Å². The molecule has 0 bridgehead atoms. The van der Waals surface area contributed by atoms with Gasteiger partial charge in [0.15, 0.2) is 5.75 Å². The van der Waals surface area contributed by atoms with Crippen molar-refractivity contribution in [1.82, 2.24) is 5.32 Å². The van der Waals surface area contributed by atoms with Crippen molar-refractivity contribution < 1.29 is 19.1 Å². The quantitative estimate of drug-likeness (QED) is 0.508. The summed E-state index contributed by atoms with van der Waals surface area (Å²) in [6.07, 6.45) is 0.0982. The largest absolute Gasteiger partial charge is 0.494 e. The Morgan fingerprint density at radius 1 is 0.871 bits per heavy atom. The minimum Gasteiger partial charge on any atom is -0.494 e. The lowest BCUT2D eigenvalue weighted by Crippen LogP contribution is -2.29. The van der Waals surface area contributed by atoms with Crippen molar-refractivity contribution in [3.05, 3.63) is 84.4 Å². The van der Waals surface area contributed by atoms with Gasteiger partial charge in [0.05, 0.1) is 24.8 Å². The van der Waals surface area contributed by atoms with Gasteiger partial charge in [-0.05, 0) is 48.9 Å². The van der Waals surface area contributed by atoms with E-state index < -0.39 is 6.04 Å². The molecule has 2 N–H and O–H groups in total. The molecule has 0 aromatic heterocycles. The van der Waals surface area contributed by atoms with Gasteiger partial charge in [0, 0.05) is 6.92 Å². The maximum absolute atomic E-state index is 12.8. The Hall–Kier alpha value is -3.80. The average molecular weight is 418 g/mol. The molecule has 1 unspecified atom stereocenters. The highest BCUT2D eigenvalue weighted by atomic mass is 16.5. The number of carbonyl (C=O) groups is 2. The van der Waals surface area contributed by atoms with Crippen LogP contribution in [0.1, 0.15) is 31.9 Å². The number of anilines is 1. The molecule has 3 rings (SSSR count). The summed E-state index contributed by atoms with van der Waals surface area (Å²) in [4.78, 5) is 24.4. The minimum atomic E-state index is -0.419. The van der Waals surface area contributed by atoms with Crippen LogP contribution < -0.4 is 20.1 Å². The van der Waals surface area contributed by atoms with Crippen molar-refractivity contribution in [3.63, 3.8) is 0 Å². The highest BCUT2D eigenvalue weighted by Crippen LogP contribution is 2.30. The van der Waals surface area contributed by atoms with Crippen molar-refractivity contribution in [2.75, 3.05) is 11.9 Å². The first-order valence-electron chi connectivity index (χ1n) is 10.2. The van der Waals surface area contributed by atoms with Gasteiger partial charge >= 0.3 is 0 Å². The molecule has 0 aliphatic carbocycles. The average Bonchev–Trinajstić information content (AvgIpc) is 2.76. The Labute approximate surface area is 182 Å². The molecular formula is C25H26N2O4. The van der Waals surface area contributed by atoms with E-state index in [1.54, 1.807) is 12.1 Å². The lowest BCUT2D eigenvalue weighted by molar-refractivity contribution is -0.120. The first-order chi connectivity index (χ1) is 15.0. The maximum atomic E-state index is 12.8. The molecule has 0 aliphatic rings. The minimum absolute atomic E-state index is 0.0982. The molecule has 3 aromatic rings. The smallest absolute Gasteiger partial charge is 0.226 e. The molecule has 1 atom stereocenters. The fraction of sp³-hybridized carbons (Fsp3) is 0.200. The van der Waals surface area contributed by atoms with Gasteiger partial charge in [0.1, 0.15) is 11.5 Å². The highest BCUT2D eigenvalue weighted by Gasteiger charge is 2.18. The Kier molecular flexibility index (Phi) is 7.65. The molecule has 0 saturated heterocycles. The van der Waals surface area contributed by atoms with E-state index in [1.165, 1.54) is 6.92 Å². The van der Waals surface area contributed by atoms with Crippen molar-refractivity contribution in [2.45, 2.75) is 26.3 Å². The van der Waals surface area contributed by atoms with Crippen LogP contribution in [-0.2, 0) is 9.59 Å². The number of carbonyl (C=O) groups excluding carboxylic acids is 2. The third kappa shape index (κ3) is 6.60. The maximum Gasteiger partial charge on any atom is 0.226 e. The molecule has 0 spiro atoms. The Bertz CT molecular complexity index is 1000. The zero-order valence-corrected chi connectivity index (χ0v) is 17.6. The number of amides is 2. The van der Waals surface area contributed by atoms with Gasteiger partial charge in [-0.15, -0.1) is 0 Å². The number of hydrogen-bond acceptors (Lipinski definition) is 4. The summed E-state index contributed by atoms with van der Waals surface area (Å²) in [5.41, 5.74) is 1.42. The number of rotatable bonds is 9. The number of benzene rings is 3. The van der Waals surface area contributed by atoms with Crippen LogP contribution in [0.25, 0.3) is 0 Å². The topological polar surface area (TPSA) is 76.7 Å². The summed E-state index contributed by atoms with van der Waals surface area (Å²) < 4.78 is 11.4. The summed E-state index contributed by atoms with van der Waals surface area (Å²) in [5.74, 6) is 1.49. The number of ether oxygens (including phenoxy) is 2. The molecule has 0 fully saturated rings. The number of nitrogens with one attached hydrogen (secondary N) is 2. The van der Waals surface area contributed by atoms with Gasteiger partial charge in [-0.3, -0.25) is 9.59 Å². The van der Waals surface area contributed by atoms with Crippen LogP contribution in [-0.4, -0.2) is 18.4 Å². The van der Waals surface area contributed by atoms with Gasteiger partial charge < -0.3 is 20.1 Å². The normalized spacial score (nSPS) is 11.3. The van der Waals surface area contributed by atoms with Gasteiger partial charge in [0.25, 0.3) is 0 Å². The molecule has 0 aliphatic heterocycles. The first kappa shape index (κ1) is 21.9. The van der Waals surface area contributed by atoms with Gasteiger partial charge in [-0.1, -0.05) is 42.5 Å². The Morgan fingerprint density at radius 2 is 1.52 bits per heavy atom. The van der Waals surface area contributed by atoms with E-state index in [0.29, 0.717) is 23.8 Å². The molecule has 0 radical (unpaired) electrons. The van der Waals surface area contributed by atoms with Crippen LogP contribution in [0.4, 0.5) is 5.69 Å². The molecule has 0 saturated carbocycles. The molecule has 6 heteroatoms. The second-order valence-electron chi connectivity index (χ2n) is 6.92. The number of hydrogen-bond donors (Lipinski definition) is 2. The van der Waals surface area contributed by atoms with Crippen LogP contribution >= 0.6 is 0 Å². The second-order valence-corrected chi connectivity index (χ2v) is 6.92. The molecule has 2 amide bonds. The second kappa shape index (κ2) is 10.8. The fourth-order valence-electron chi connectivity index (χ4n) is 3.13. The monoisotopic (exact) mass is 418 g/mol. The van der Waals surface area contributed by atoms with Crippen molar-refractivity contribution >= 4 is 17.5 Å². The fourth-order valence-corrected chi connectivity index (χ4v) is 3.13. The van der Waals surface area contributed by atoms with E-state index in [-0.39, 0.29) is 18.2 Å². The lowest BCUT2D eigenvalue weighted by atomic mass is 10.0. The predicted octanol–water partition coefficient (Wildman–Crippen LogP) is 5.08. The Morgan fingerprint density at radius 3 is 2.19 bits per heavy atom. The lowest BCUT2D eigenvalue weighted by Gasteiger charge is -2.19. The summed E-state index contributed by atoms with van der Waals surface area (Å²) >= 11 is 0. The highest BCUT2D eigenvalue weighted by molar-refractivity contribution is 5.93. The van der Waals surface area contributed by atoms with Crippen LogP contribution in [0.3, 0.4) is 0 Å². The molecule has 0 heterocycles. The molecule has 160 valence electrons. The first-order valence-corrected chi connectivity index (χ1v) is 10.2. The van der Waals surface area contributed by atoms with Crippen molar-refractivity contribution in [3.8, 4) is 17.2 Å². The molecule has 31 heavy (non-hydrogen) atoms. The van der Waals surface area contributed by atoms with E-state index in [1.807, 2.05) is 73.7 Å². The van der Waals surface area contributed by atoms with Gasteiger partial charge in [0.2, 0.25) is 11.8 Å². The summed E-state index contributed by atoms with van der Waals surface area (Å²) in [6.45, 7) is 3.96. The molecular weight excluding hydrogens is 392 g/mol. The van der Waals surface area contributed by atoms with E-state index in [4.69, 9.17) is 9.47 Å². The van der Waals surface area contributed by atoms with E-state index in [9.17, 15) is 9.59 Å². The molecule has 6 nitrogen and oxygen atoms in total. The van der Waals surface area contributed by atoms with Crippen molar-refractivity contribution in [1.29, 1.82) is 0 Å². The third-order valence-electron chi connectivity index (χ3n) is 4.49. The summed E-state index contributed by atoms with van der Waals surface area (Å²) in [7, 11) is 0. The van der Waals surface area contributed by atoms with Crippen LogP contribution in [0.5, 0.6) is 17.2 Å². The molecule has 3 aromatic carbocycles. The Balaban J connectivity index is 1.70. The zero-order valence-electron chi connectivity index (χ0n) is 17.6. The van der Waals surface area contributed by atoms with Gasteiger partial charge in [-0.25, -0.2) is 0 Å². The standard InChI is InChI=1S/C25H26N2O4/c1-3-30-20-13-15-21(16-14-20)31-24-12-8-7-11-22(24)27-25(29)17-23(26-18(2)28)19-9-5-4-6-10-19/h4-16,23H,3,17H2,1-2H3,(H,26,28)(H,27,29). The summed E-state index contributed by atoms with van der Waals surface area (Å²) in [5, 5.41) is 5.74. The van der Waals surface area contributed by atoms with E-state index in [0.717, 1.165) is 11.3 Å². The van der Waals surface area contributed by atoms with Crippen LogP contribution in [0, 0.1) is 0 Å².